The van der Waals surface area contributed by atoms with Crippen molar-refractivity contribution in [3.8, 4) is 0 Å². The molecule has 1 aliphatic heterocycles. The zero-order valence-corrected chi connectivity index (χ0v) is 16.4. The fourth-order valence-electron chi connectivity index (χ4n) is 3.40. The van der Waals surface area contributed by atoms with E-state index in [1.165, 1.54) is 5.56 Å². The maximum absolute atomic E-state index is 13.2. The number of amides is 1. The molecule has 1 unspecified atom stereocenters. The average molecular weight is 382 g/mol. The molecular formula is C21H23N3O2S. The highest BCUT2D eigenvalue weighted by atomic mass is 32.1. The maximum atomic E-state index is 13.2. The Morgan fingerprint density at radius 3 is 2.93 bits per heavy atom. The number of rotatable bonds is 5. The summed E-state index contributed by atoms with van der Waals surface area (Å²) in [5, 5.41) is 0.724. The van der Waals surface area contributed by atoms with Crippen LogP contribution in [0.15, 0.2) is 42.7 Å². The van der Waals surface area contributed by atoms with Crippen molar-refractivity contribution in [3.63, 3.8) is 0 Å². The fourth-order valence-corrected chi connectivity index (χ4v) is 4.40. The van der Waals surface area contributed by atoms with Crippen LogP contribution in [-0.4, -0.2) is 28.6 Å². The number of carbonyl (C=O) groups excluding carboxylic acids is 1. The van der Waals surface area contributed by atoms with Gasteiger partial charge in [-0.25, -0.2) is 4.98 Å². The second kappa shape index (κ2) is 7.74. The van der Waals surface area contributed by atoms with Crippen LogP contribution in [0.1, 0.15) is 43.7 Å². The molecule has 0 spiro atoms. The maximum Gasteiger partial charge on any atom is 0.258 e. The van der Waals surface area contributed by atoms with E-state index >= 15 is 0 Å². The molecule has 0 saturated carbocycles. The summed E-state index contributed by atoms with van der Waals surface area (Å²) in [6, 6.07) is 10.1. The number of thiazole rings is 1. The number of pyridine rings is 1. The largest absolute Gasteiger partial charge is 0.368 e. The molecular weight excluding hydrogens is 358 g/mol. The Morgan fingerprint density at radius 2 is 2.22 bits per heavy atom. The zero-order valence-electron chi connectivity index (χ0n) is 15.6. The van der Waals surface area contributed by atoms with Gasteiger partial charge in [-0.1, -0.05) is 43.4 Å². The van der Waals surface area contributed by atoms with Gasteiger partial charge in [-0.2, -0.15) is 0 Å². The molecule has 1 aromatic carbocycles. The number of aromatic nitrogens is 2. The van der Waals surface area contributed by atoms with Crippen molar-refractivity contribution in [3.05, 3.63) is 53.9 Å². The Balaban J connectivity index is 1.74. The summed E-state index contributed by atoms with van der Waals surface area (Å²) in [5.74, 6) is 0.366. The van der Waals surface area contributed by atoms with Crippen molar-refractivity contribution < 1.29 is 9.53 Å². The molecule has 1 saturated heterocycles. The van der Waals surface area contributed by atoms with Gasteiger partial charge in [-0.3, -0.25) is 14.7 Å². The van der Waals surface area contributed by atoms with Crippen molar-refractivity contribution in [2.24, 2.45) is 0 Å². The number of carbonyl (C=O) groups is 1. The third-order valence-corrected chi connectivity index (χ3v) is 5.87. The molecule has 2 aromatic heterocycles. The lowest BCUT2D eigenvalue weighted by Gasteiger charge is -2.22. The molecule has 6 heteroatoms. The minimum atomic E-state index is -0.377. The van der Waals surface area contributed by atoms with Gasteiger partial charge < -0.3 is 4.74 Å². The van der Waals surface area contributed by atoms with Gasteiger partial charge in [0.05, 0.1) is 16.8 Å². The molecule has 4 rings (SSSR count). The summed E-state index contributed by atoms with van der Waals surface area (Å²) in [4.78, 5) is 24.0. The highest BCUT2D eigenvalue weighted by molar-refractivity contribution is 7.22. The predicted octanol–water partition coefficient (Wildman–Crippen LogP) is 4.53. The summed E-state index contributed by atoms with van der Waals surface area (Å²) in [6.07, 6.45) is 4.85. The van der Waals surface area contributed by atoms with Crippen molar-refractivity contribution in [1.29, 1.82) is 0 Å². The molecule has 27 heavy (non-hydrogen) atoms. The quantitative estimate of drug-likeness (QED) is 0.652. The third-order valence-electron chi connectivity index (χ3n) is 4.83. The molecule has 140 valence electrons. The standard InChI is InChI=1S/C21H23N3O2S/c1-14(2)16-7-3-9-18-19(16)23-21(27-18)24(13-15-6-4-10-22-12-15)20(25)17-8-5-11-26-17/h3-4,6-7,9-10,12,14,17H,5,8,11,13H2,1-2H3. The number of fused-ring (bicyclic) bond motifs is 1. The molecule has 1 atom stereocenters. The summed E-state index contributed by atoms with van der Waals surface area (Å²) in [6.45, 7) is 5.43. The molecule has 0 N–H and O–H groups in total. The fraction of sp³-hybridized carbons (Fsp3) is 0.381. The van der Waals surface area contributed by atoms with Crippen molar-refractivity contribution >= 4 is 32.6 Å². The Morgan fingerprint density at radius 1 is 1.33 bits per heavy atom. The molecule has 1 aliphatic rings. The first-order valence-corrected chi connectivity index (χ1v) is 10.2. The van der Waals surface area contributed by atoms with Crippen LogP contribution in [0.5, 0.6) is 0 Å². The lowest BCUT2D eigenvalue weighted by Crippen LogP contribution is -2.38. The van der Waals surface area contributed by atoms with Crippen LogP contribution in [0.25, 0.3) is 10.2 Å². The van der Waals surface area contributed by atoms with Gasteiger partial charge in [-0.15, -0.1) is 0 Å². The van der Waals surface area contributed by atoms with Crippen LogP contribution in [0.4, 0.5) is 5.13 Å². The topological polar surface area (TPSA) is 55.3 Å². The highest BCUT2D eigenvalue weighted by Gasteiger charge is 2.31. The third kappa shape index (κ3) is 3.73. The van der Waals surface area contributed by atoms with Crippen LogP contribution >= 0.6 is 11.3 Å². The van der Waals surface area contributed by atoms with E-state index in [-0.39, 0.29) is 12.0 Å². The minimum Gasteiger partial charge on any atom is -0.368 e. The monoisotopic (exact) mass is 381 g/mol. The van der Waals surface area contributed by atoms with E-state index in [1.54, 1.807) is 28.6 Å². The number of hydrogen-bond donors (Lipinski definition) is 0. The smallest absolute Gasteiger partial charge is 0.258 e. The van der Waals surface area contributed by atoms with E-state index in [2.05, 4.69) is 37.0 Å². The predicted molar refractivity (Wildman–Crippen MR) is 108 cm³/mol. The van der Waals surface area contributed by atoms with Gasteiger partial charge in [0.15, 0.2) is 5.13 Å². The van der Waals surface area contributed by atoms with E-state index < -0.39 is 0 Å². The van der Waals surface area contributed by atoms with Gasteiger partial charge in [0.1, 0.15) is 6.10 Å². The van der Waals surface area contributed by atoms with E-state index in [0.717, 1.165) is 33.8 Å². The Hall–Kier alpha value is -2.31. The molecule has 3 heterocycles. The number of hydrogen-bond acceptors (Lipinski definition) is 5. The molecule has 3 aromatic rings. The molecule has 0 bridgehead atoms. The number of ether oxygens (including phenoxy) is 1. The summed E-state index contributed by atoms with van der Waals surface area (Å²) in [7, 11) is 0. The second-order valence-electron chi connectivity index (χ2n) is 7.13. The lowest BCUT2D eigenvalue weighted by molar-refractivity contribution is -0.127. The molecule has 1 amide bonds. The van der Waals surface area contributed by atoms with Crippen molar-refractivity contribution in [1.82, 2.24) is 9.97 Å². The lowest BCUT2D eigenvalue weighted by atomic mass is 10.0. The van der Waals surface area contributed by atoms with E-state index in [1.807, 2.05) is 12.1 Å². The first kappa shape index (κ1) is 18.1. The van der Waals surface area contributed by atoms with E-state index in [0.29, 0.717) is 19.1 Å². The van der Waals surface area contributed by atoms with Gasteiger partial charge in [0.25, 0.3) is 5.91 Å². The van der Waals surface area contributed by atoms with Gasteiger partial charge in [-0.05, 0) is 42.0 Å². The number of anilines is 1. The molecule has 1 fully saturated rings. The summed E-state index contributed by atoms with van der Waals surface area (Å²) >= 11 is 1.56. The van der Waals surface area contributed by atoms with Crippen LogP contribution in [0, 0.1) is 0 Å². The van der Waals surface area contributed by atoms with Crippen LogP contribution in [0.2, 0.25) is 0 Å². The first-order chi connectivity index (χ1) is 13.1. The van der Waals surface area contributed by atoms with E-state index in [4.69, 9.17) is 9.72 Å². The molecule has 5 nitrogen and oxygen atoms in total. The SMILES string of the molecule is CC(C)c1cccc2sc(N(Cc3cccnc3)C(=O)C3CCCO3)nc12. The average Bonchev–Trinajstić information content (AvgIpc) is 3.35. The van der Waals surface area contributed by atoms with Crippen molar-refractivity contribution in [2.75, 3.05) is 11.5 Å². The Kier molecular flexibility index (Phi) is 5.18. The number of para-hydroxylation sites is 1. The summed E-state index contributed by atoms with van der Waals surface area (Å²) in [5.41, 5.74) is 3.18. The molecule has 0 aliphatic carbocycles. The number of nitrogens with zero attached hydrogens (tertiary/aromatic N) is 3. The zero-order chi connectivity index (χ0) is 18.8. The van der Waals surface area contributed by atoms with Gasteiger partial charge >= 0.3 is 0 Å². The van der Waals surface area contributed by atoms with Gasteiger partial charge in [0, 0.05) is 19.0 Å². The van der Waals surface area contributed by atoms with Crippen molar-refractivity contribution in [2.45, 2.75) is 45.3 Å². The minimum absolute atomic E-state index is 0.0125. The summed E-state index contributed by atoms with van der Waals surface area (Å²) < 4.78 is 6.77. The normalized spacial score (nSPS) is 16.9. The van der Waals surface area contributed by atoms with Gasteiger partial charge in [0.2, 0.25) is 0 Å². The highest BCUT2D eigenvalue weighted by Crippen LogP contribution is 2.35. The molecule has 0 radical (unpaired) electrons. The van der Waals surface area contributed by atoms with Crippen LogP contribution < -0.4 is 4.90 Å². The van der Waals surface area contributed by atoms with Crippen LogP contribution in [-0.2, 0) is 16.1 Å². The second-order valence-corrected chi connectivity index (χ2v) is 8.14. The first-order valence-electron chi connectivity index (χ1n) is 9.35. The Labute approximate surface area is 163 Å². The Bertz CT molecular complexity index is 933. The van der Waals surface area contributed by atoms with Crippen LogP contribution in [0.3, 0.4) is 0 Å². The number of benzene rings is 1. The van der Waals surface area contributed by atoms with E-state index in [9.17, 15) is 4.79 Å².